The molecule has 2 fully saturated rings. The van der Waals surface area contributed by atoms with Crippen molar-refractivity contribution in [3.8, 4) is 11.5 Å². The van der Waals surface area contributed by atoms with Crippen LogP contribution in [0.4, 0.5) is 0 Å². The van der Waals surface area contributed by atoms with Crippen molar-refractivity contribution in [2.45, 2.75) is 51.2 Å². The van der Waals surface area contributed by atoms with E-state index < -0.39 is 0 Å². The monoisotopic (exact) mass is 399 g/mol. The molecule has 0 bridgehead atoms. The number of ether oxygens (including phenoxy) is 2. The molecule has 1 saturated carbocycles. The number of rotatable bonds is 7. The molecule has 8 nitrogen and oxygen atoms in total. The quantitative estimate of drug-likeness (QED) is 0.770. The van der Waals surface area contributed by atoms with Crippen molar-refractivity contribution in [3.05, 3.63) is 35.2 Å². The van der Waals surface area contributed by atoms with E-state index in [4.69, 9.17) is 9.47 Å². The van der Waals surface area contributed by atoms with Crippen LogP contribution < -0.4 is 14.8 Å². The first-order valence-corrected chi connectivity index (χ1v) is 10.2. The van der Waals surface area contributed by atoms with Crippen LogP contribution in [0.5, 0.6) is 11.5 Å². The molecule has 1 N–H and O–H groups in total. The fourth-order valence-electron chi connectivity index (χ4n) is 3.99. The zero-order valence-corrected chi connectivity index (χ0v) is 17.4. The Labute approximate surface area is 171 Å². The first kappa shape index (κ1) is 19.7. The van der Waals surface area contributed by atoms with E-state index in [1.54, 1.807) is 20.4 Å². The Kier molecular flexibility index (Phi) is 5.71. The second kappa shape index (κ2) is 8.41. The Hall–Kier alpha value is -2.61. The number of carbonyl (C=O) groups excluding carboxylic acids is 1. The standard InChI is InChI=1S/C21H29N5O3/c1-14-19(28-2)7-4-15(20(14)29-3)12-25-10-8-17(9-11-25)26-13-18(23-24-26)21(27)22-16-5-6-16/h4,7,13,16-17H,5-6,8-12H2,1-3H3,(H,22,27). The molecule has 2 heterocycles. The predicted molar refractivity (Wildman–Crippen MR) is 108 cm³/mol. The molecule has 1 amide bonds. The van der Waals surface area contributed by atoms with Crippen molar-refractivity contribution in [1.82, 2.24) is 25.2 Å². The molecule has 1 aliphatic carbocycles. The number of likely N-dealkylation sites (tertiary alicyclic amines) is 1. The molecule has 1 aromatic heterocycles. The normalized spacial score (nSPS) is 17.9. The van der Waals surface area contributed by atoms with Gasteiger partial charge in [0.25, 0.3) is 5.91 Å². The summed E-state index contributed by atoms with van der Waals surface area (Å²) in [5, 5.41) is 11.2. The molecule has 2 aliphatic rings. The number of piperidine rings is 1. The summed E-state index contributed by atoms with van der Waals surface area (Å²) >= 11 is 0. The van der Waals surface area contributed by atoms with Crippen LogP contribution in [0, 0.1) is 6.92 Å². The third-order valence-corrected chi connectivity index (χ3v) is 5.84. The summed E-state index contributed by atoms with van der Waals surface area (Å²) < 4.78 is 12.9. The van der Waals surface area contributed by atoms with E-state index >= 15 is 0 Å². The molecule has 2 aromatic rings. The SMILES string of the molecule is COc1ccc(CN2CCC(n3cc(C(=O)NC4CC4)nn3)CC2)c(OC)c1C. The van der Waals surface area contributed by atoms with E-state index in [0.717, 1.165) is 62.4 Å². The number of nitrogens with one attached hydrogen (secondary N) is 1. The highest BCUT2D eigenvalue weighted by atomic mass is 16.5. The first-order valence-electron chi connectivity index (χ1n) is 10.2. The molecule has 1 aliphatic heterocycles. The Morgan fingerprint density at radius 2 is 1.93 bits per heavy atom. The van der Waals surface area contributed by atoms with Crippen LogP contribution >= 0.6 is 0 Å². The van der Waals surface area contributed by atoms with E-state index in [0.29, 0.717) is 11.7 Å². The van der Waals surface area contributed by atoms with Crippen LogP contribution in [-0.2, 0) is 6.54 Å². The minimum Gasteiger partial charge on any atom is -0.496 e. The van der Waals surface area contributed by atoms with Crippen LogP contribution in [0.3, 0.4) is 0 Å². The highest BCUT2D eigenvalue weighted by molar-refractivity contribution is 5.92. The smallest absolute Gasteiger partial charge is 0.273 e. The van der Waals surface area contributed by atoms with Crippen LogP contribution in [-0.4, -0.2) is 59.2 Å². The molecule has 1 saturated heterocycles. The lowest BCUT2D eigenvalue weighted by Gasteiger charge is -2.32. The van der Waals surface area contributed by atoms with E-state index in [2.05, 4.69) is 26.6 Å². The second-order valence-corrected chi connectivity index (χ2v) is 7.92. The molecule has 0 unspecified atom stereocenters. The summed E-state index contributed by atoms with van der Waals surface area (Å²) in [6.45, 7) is 4.78. The summed E-state index contributed by atoms with van der Waals surface area (Å²) in [5.41, 5.74) is 2.61. The number of hydrogen-bond acceptors (Lipinski definition) is 6. The lowest BCUT2D eigenvalue weighted by Crippen LogP contribution is -2.34. The fourth-order valence-corrected chi connectivity index (χ4v) is 3.99. The molecule has 0 atom stereocenters. The third-order valence-electron chi connectivity index (χ3n) is 5.84. The minimum absolute atomic E-state index is 0.113. The topological polar surface area (TPSA) is 81.5 Å². The zero-order chi connectivity index (χ0) is 20.4. The maximum Gasteiger partial charge on any atom is 0.273 e. The predicted octanol–water partition coefficient (Wildman–Crippen LogP) is 2.33. The van der Waals surface area contributed by atoms with Crippen LogP contribution in [0.2, 0.25) is 0 Å². The van der Waals surface area contributed by atoms with Gasteiger partial charge in [-0.3, -0.25) is 9.69 Å². The van der Waals surface area contributed by atoms with Gasteiger partial charge in [0, 0.05) is 36.8 Å². The van der Waals surface area contributed by atoms with Gasteiger partial charge in [0.2, 0.25) is 0 Å². The number of carbonyl (C=O) groups is 1. The van der Waals surface area contributed by atoms with Gasteiger partial charge >= 0.3 is 0 Å². The highest BCUT2D eigenvalue weighted by Crippen LogP contribution is 2.33. The number of hydrogen-bond donors (Lipinski definition) is 1. The first-order chi connectivity index (χ1) is 14.1. The number of amides is 1. The van der Waals surface area contributed by atoms with Gasteiger partial charge in [0.1, 0.15) is 11.5 Å². The van der Waals surface area contributed by atoms with Crippen molar-refractivity contribution >= 4 is 5.91 Å². The van der Waals surface area contributed by atoms with Gasteiger partial charge in [-0.2, -0.15) is 0 Å². The molecule has 1 aromatic carbocycles. The summed E-state index contributed by atoms with van der Waals surface area (Å²) in [7, 11) is 3.39. The Morgan fingerprint density at radius 1 is 1.17 bits per heavy atom. The van der Waals surface area contributed by atoms with Crippen molar-refractivity contribution in [1.29, 1.82) is 0 Å². The average Bonchev–Trinajstić information content (AvgIpc) is 3.40. The maximum absolute atomic E-state index is 12.1. The Bertz CT molecular complexity index is 869. The van der Waals surface area contributed by atoms with Gasteiger partial charge in [-0.15, -0.1) is 5.10 Å². The van der Waals surface area contributed by atoms with Gasteiger partial charge in [-0.05, 0) is 38.7 Å². The van der Waals surface area contributed by atoms with Crippen LogP contribution in [0.25, 0.3) is 0 Å². The van der Waals surface area contributed by atoms with Crippen molar-refractivity contribution in [3.63, 3.8) is 0 Å². The third kappa shape index (κ3) is 4.37. The van der Waals surface area contributed by atoms with Crippen LogP contribution in [0.15, 0.2) is 18.3 Å². The van der Waals surface area contributed by atoms with Crippen molar-refractivity contribution < 1.29 is 14.3 Å². The number of benzene rings is 1. The van der Waals surface area contributed by atoms with Gasteiger partial charge in [0.15, 0.2) is 5.69 Å². The largest absolute Gasteiger partial charge is 0.496 e. The Morgan fingerprint density at radius 3 is 2.59 bits per heavy atom. The molecule has 0 spiro atoms. The number of aromatic nitrogens is 3. The zero-order valence-electron chi connectivity index (χ0n) is 17.4. The molecule has 0 radical (unpaired) electrons. The summed E-state index contributed by atoms with van der Waals surface area (Å²) in [6, 6.07) is 4.69. The number of methoxy groups -OCH3 is 2. The van der Waals surface area contributed by atoms with Gasteiger partial charge in [0.05, 0.1) is 26.5 Å². The highest BCUT2D eigenvalue weighted by Gasteiger charge is 2.27. The van der Waals surface area contributed by atoms with Crippen LogP contribution in [0.1, 0.15) is 53.3 Å². The second-order valence-electron chi connectivity index (χ2n) is 7.92. The van der Waals surface area contributed by atoms with E-state index in [1.165, 1.54) is 5.56 Å². The minimum atomic E-state index is -0.113. The Balaban J connectivity index is 1.35. The molecule has 4 rings (SSSR count). The van der Waals surface area contributed by atoms with Crippen molar-refractivity contribution in [2.75, 3.05) is 27.3 Å². The average molecular weight is 399 g/mol. The van der Waals surface area contributed by atoms with Gasteiger partial charge in [-0.1, -0.05) is 11.3 Å². The van der Waals surface area contributed by atoms with E-state index in [1.807, 2.05) is 17.7 Å². The molecule has 156 valence electrons. The lowest BCUT2D eigenvalue weighted by molar-refractivity contribution is 0.0946. The molecule has 29 heavy (non-hydrogen) atoms. The van der Waals surface area contributed by atoms with Gasteiger partial charge < -0.3 is 14.8 Å². The molecule has 8 heteroatoms. The maximum atomic E-state index is 12.1. The summed E-state index contributed by atoms with van der Waals surface area (Å²) in [6.07, 6.45) is 5.87. The molecular weight excluding hydrogens is 370 g/mol. The van der Waals surface area contributed by atoms with Gasteiger partial charge in [-0.25, -0.2) is 4.68 Å². The lowest BCUT2D eigenvalue weighted by atomic mass is 10.0. The number of nitrogens with zero attached hydrogens (tertiary/aromatic N) is 4. The van der Waals surface area contributed by atoms with Crippen molar-refractivity contribution in [2.24, 2.45) is 0 Å². The fraction of sp³-hybridized carbons (Fsp3) is 0.571. The van der Waals surface area contributed by atoms with E-state index in [9.17, 15) is 4.79 Å². The summed E-state index contributed by atoms with van der Waals surface area (Å²) in [5.74, 6) is 1.63. The summed E-state index contributed by atoms with van der Waals surface area (Å²) in [4.78, 5) is 14.6. The molecular formula is C21H29N5O3. The van der Waals surface area contributed by atoms with E-state index in [-0.39, 0.29) is 11.9 Å².